The molecule has 2 aliphatic rings. The zero-order valence-electron chi connectivity index (χ0n) is 31.3. The Morgan fingerprint density at radius 3 is 2.27 bits per heavy atom. The number of fused-ring (bicyclic) bond motifs is 1. The molecular weight excluding hydrogens is 731 g/mol. The number of ether oxygens (including phenoxy) is 1. The molecule has 18 heteroatoms. The number of primary amides is 1. The number of urea groups is 1. The van der Waals surface area contributed by atoms with Crippen LogP contribution in [0.25, 0.3) is 10.9 Å². The number of aromatic nitrogens is 1. The number of benzene rings is 2. The maximum absolute atomic E-state index is 15.3. The maximum Gasteiger partial charge on any atom is 0.410 e. The molecule has 2 fully saturated rings. The number of anilines is 2. The van der Waals surface area contributed by atoms with Crippen LogP contribution in [-0.2, 0) is 32.3 Å². The number of nitrogens with two attached hydrogens (primary N) is 1. The second kappa shape index (κ2) is 18.0. The van der Waals surface area contributed by atoms with Crippen LogP contribution in [0, 0.1) is 11.2 Å². The van der Waals surface area contributed by atoms with Gasteiger partial charge in [-0.1, -0.05) is 18.6 Å². The van der Waals surface area contributed by atoms with Gasteiger partial charge in [0, 0.05) is 63.1 Å². The minimum Gasteiger partial charge on any atom is -0.477 e. The van der Waals surface area contributed by atoms with Gasteiger partial charge in [-0.25, -0.2) is 18.8 Å². The summed E-state index contributed by atoms with van der Waals surface area (Å²) >= 11 is 0. The minimum atomic E-state index is -1.39. The Kier molecular flexibility index (Phi) is 13.1. The van der Waals surface area contributed by atoms with Crippen LogP contribution in [0.5, 0.6) is 0 Å². The van der Waals surface area contributed by atoms with E-state index in [9.17, 15) is 38.7 Å². The first kappa shape index (κ1) is 41.0. The molecule has 1 saturated heterocycles. The average Bonchev–Trinajstić information content (AvgIpc) is 3.15. The van der Waals surface area contributed by atoms with E-state index in [1.165, 1.54) is 17.2 Å². The highest BCUT2D eigenvalue weighted by Gasteiger charge is 2.51. The minimum absolute atomic E-state index is 0.0265. The van der Waals surface area contributed by atoms with Gasteiger partial charge in [0.05, 0.1) is 11.2 Å². The first-order valence-electron chi connectivity index (χ1n) is 18.6. The molecule has 7 N–H and O–H groups in total. The number of hydrogen-bond donors (Lipinski definition) is 6. The zero-order valence-corrected chi connectivity index (χ0v) is 31.3. The topological polar surface area (TPSA) is 234 Å². The number of carboxylic acids is 1. The standard InChI is InChI=1S/C38H47FN8O9/c1-3-41-34(52)38(12-6-13-38)35(53)44-28(7-5-14-42-36(40)54)32(49)43-24-10-8-23(9-11-24)22-56-37(55)47-17-15-46(16-18-47)30-20-29-25(19-27(30)39)31(48)26(33(50)51)21-45(29)4-2/h8-11,19-21,28H,3-7,12-18,22H2,1-2H3,(H,41,52)(H,43,49)(H,44,53)(H,50,51)(H3,40,42,54). The molecule has 56 heavy (non-hydrogen) atoms. The maximum atomic E-state index is 15.3. The van der Waals surface area contributed by atoms with Gasteiger partial charge in [-0.05, 0) is 69.4 Å². The fourth-order valence-electron chi connectivity index (χ4n) is 6.84. The van der Waals surface area contributed by atoms with Crippen LogP contribution in [0.15, 0.2) is 47.4 Å². The SMILES string of the molecule is CCNC(=O)C1(C(=O)NC(CCCNC(N)=O)C(=O)Nc2ccc(COC(=O)N3CCN(c4cc5c(cc4F)c(=O)c(C(=O)O)cn5CC)CC3)cc2)CCC1. The second-order valence-electron chi connectivity index (χ2n) is 13.8. The van der Waals surface area contributed by atoms with E-state index in [1.54, 1.807) is 47.6 Å². The van der Waals surface area contributed by atoms with Crippen LogP contribution in [0.2, 0.25) is 0 Å². The molecule has 0 bridgehead atoms. The van der Waals surface area contributed by atoms with Crippen molar-refractivity contribution in [2.45, 2.75) is 65.1 Å². The Labute approximate surface area is 321 Å². The number of carbonyl (C=O) groups is 6. The Bertz CT molecular complexity index is 2040. The van der Waals surface area contributed by atoms with Gasteiger partial charge < -0.3 is 51.2 Å². The van der Waals surface area contributed by atoms with Gasteiger partial charge in [-0.15, -0.1) is 0 Å². The lowest BCUT2D eigenvalue weighted by Crippen LogP contribution is -2.58. The van der Waals surface area contributed by atoms with E-state index in [0.29, 0.717) is 55.5 Å². The molecule has 2 aromatic carbocycles. The van der Waals surface area contributed by atoms with E-state index >= 15 is 4.39 Å². The van der Waals surface area contributed by atoms with E-state index in [4.69, 9.17) is 10.5 Å². The van der Waals surface area contributed by atoms with E-state index in [-0.39, 0.29) is 62.7 Å². The molecule has 0 radical (unpaired) electrons. The number of halogens is 1. The molecule has 1 aliphatic heterocycles. The molecule has 1 aromatic heterocycles. The van der Waals surface area contributed by atoms with Crippen molar-refractivity contribution in [3.8, 4) is 0 Å². The summed E-state index contributed by atoms with van der Waals surface area (Å²) in [6, 6.07) is 7.44. The summed E-state index contributed by atoms with van der Waals surface area (Å²) < 4.78 is 22.4. The van der Waals surface area contributed by atoms with Gasteiger partial charge in [-0.2, -0.15) is 0 Å². The van der Waals surface area contributed by atoms with E-state index in [0.717, 1.165) is 6.07 Å². The Balaban J connectivity index is 1.15. The number of aromatic carboxylic acids is 1. The van der Waals surface area contributed by atoms with Crippen molar-refractivity contribution < 1.29 is 43.0 Å². The third-order valence-corrected chi connectivity index (χ3v) is 10.2. The summed E-state index contributed by atoms with van der Waals surface area (Å²) in [4.78, 5) is 91.0. The third kappa shape index (κ3) is 9.18. The fraction of sp³-hybridized carbons (Fsp3) is 0.447. The summed E-state index contributed by atoms with van der Waals surface area (Å²) in [6.07, 6.45) is 2.64. The van der Waals surface area contributed by atoms with Crippen LogP contribution >= 0.6 is 0 Å². The molecule has 3 aromatic rings. The monoisotopic (exact) mass is 778 g/mol. The van der Waals surface area contributed by atoms with Gasteiger partial charge in [0.2, 0.25) is 23.2 Å². The molecule has 1 unspecified atom stereocenters. The number of nitrogens with one attached hydrogen (secondary N) is 4. The molecule has 2 heterocycles. The predicted molar refractivity (Wildman–Crippen MR) is 204 cm³/mol. The third-order valence-electron chi connectivity index (χ3n) is 10.2. The lowest BCUT2D eigenvalue weighted by Gasteiger charge is -2.39. The first-order valence-corrected chi connectivity index (χ1v) is 18.6. The van der Waals surface area contributed by atoms with Crippen molar-refractivity contribution in [2.75, 3.05) is 49.5 Å². The average molecular weight is 779 g/mol. The van der Waals surface area contributed by atoms with Crippen molar-refractivity contribution >= 4 is 58.1 Å². The number of rotatable bonds is 15. The molecule has 1 aliphatic carbocycles. The highest BCUT2D eigenvalue weighted by molar-refractivity contribution is 6.08. The van der Waals surface area contributed by atoms with Gasteiger partial charge in [-0.3, -0.25) is 19.2 Å². The van der Waals surface area contributed by atoms with Gasteiger partial charge in [0.15, 0.2) is 0 Å². The number of aryl methyl sites for hydroxylation is 1. The van der Waals surface area contributed by atoms with E-state index in [1.807, 2.05) is 0 Å². The second-order valence-corrected chi connectivity index (χ2v) is 13.8. The van der Waals surface area contributed by atoms with Crippen LogP contribution in [0.3, 0.4) is 0 Å². The highest BCUT2D eigenvalue weighted by atomic mass is 19.1. The van der Waals surface area contributed by atoms with Gasteiger partial charge >= 0.3 is 18.1 Å². The van der Waals surface area contributed by atoms with Crippen molar-refractivity contribution in [1.29, 1.82) is 0 Å². The number of nitrogens with zero attached hydrogens (tertiary/aromatic N) is 3. The van der Waals surface area contributed by atoms with Crippen molar-refractivity contribution in [3.05, 3.63) is 69.8 Å². The molecule has 1 atom stereocenters. The molecule has 17 nitrogen and oxygen atoms in total. The first-order chi connectivity index (χ1) is 26.8. The molecule has 300 valence electrons. The number of carboxylic acid groups (broad SMARTS) is 1. The molecule has 0 spiro atoms. The van der Waals surface area contributed by atoms with Crippen molar-refractivity contribution in [2.24, 2.45) is 11.1 Å². The summed E-state index contributed by atoms with van der Waals surface area (Å²) in [6.45, 7) is 5.44. The van der Waals surface area contributed by atoms with E-state index in [2.05, 4.69) is 21.3 Å². The van der Waals surface area contributed by atoms with Crippen LogP contribution in [0.4, 0.5) is 25.4 Å². The predicted octanol–water partition coefficient (Wildman–Crippen LogP) is 2.50. The van der Waals surface area contributed by atoms with Crippen LogP contribution in [-0.4, -0.2) is 95.7 Å². The number of carbonyl (C=O) groups excluding carboxylic acids is 5. The Morgan fingerprint density at radius 1 is 0.982 bits per heavy atom. The van der Waals surface area contributed by atoms with Crippen molar-refractivity contribution in [1.82, 2.24) is 25.4 Å². The quantitative estimate of drug-likeness (QED) is 0.0975. The van der Waals surface area contributed by atoms with Crippen molar-refractivity contribution in [3.63, 3.8) is 0 Å². The molecule has 6 amide bonds. The summed E-state index contributed by atoms with van der Waals surface area (Å²) in [5.41, 5.74) is 4.40. The number of pyridine rings is 1. The van der Waals surface area contributed by atoms with Crippen LogP contribution < -0.4 is 37.3 Å². The Morgan fingerprint density at radius 2 is 1.68 bits per heavy atom. The largest absolute Gasteiger partial charge is 0.477 e. The molecule has 5 rings (SSSR count). The number of amides is 6. The normalized spacial score (nSPS) is 15.3. The molecular formula is C38H47FN8O9. The number of hydrogen-bond acceptors (Lipinski definition) is 9. The summed E-state index contributed by atoms with van der Waals surface area (Å²) in [7, 11) is 0. The Hall–Kier alpha value is -6.20. The van der Waals surface area contributed by atoms with Gasteiger partial charge in [0.1, 0.15) is 29.4 Å². The summed E-state index contributed by atoms with van der Waals surface area (Å²) in [5, 5.41) is 20.1. The summed E-state index contributed by atoms with van der Waals surface area (Å²) in [5.74, 6) is -3.48. The highest BCUT2D eigenvalue weighted by Crippen LogP contribution is 2.41. The van der Waals surface area contributed by atoms with Crippen LogP contribution in [0.1, 0.15) is 61.9 Å². The van der Waals surface area contributed by atoms with Gasteiger partial charge in [0.25, 0.3) is 0 Å². The van der Waals surface area contributed by atoms with E-state index < -0.39 is 58.2 Å². The zero-order chi connectivity index (χ0) is 40.6. The number of piperazine rings is 1. The lowest BCUT2D eigenvalue weighted by atomic mass is 9.67. The lowest BCUT2D eigenvalue weighted by molar-refractivity contribution is -0.150. The smallest absolute Gasteiger partial charge is 0.410 e. The molecule has 1 saturated carbocycles. The fourth-order valence-corrected chi connectivity index (χ4v) is 6.84.